The Labute approximate surface area is 211 Å². The van der Waals surface area contributed by atoms with Gasteiger partial charge in [0.25, 0.3) is 0 Å². The largest absolute Gasteiger partial charge is 0.559 e. The van der Waals surface area contributed by atoms with Crippen LogP contribution in [0.1, 0.15) is 11.1 Å². The number of phenolic OH excluding ortho intramolecular Hbond substituents is 1. The van der Waals surface area contributed by atoms with Gasteiger partial charge < -0.3 is 10.0 Å². The molecule has 0 aliphatic carbocycles. The summed E-state index contributed by atoms with van der Waals surface area (Å²) in [4.78, 5) is 4.79. The van der Waals surface area contributed by atoms with Crippen molar-refractivity contribution in [2.24, 2.45) is 0 Å². The molecule has 5 nitrogen and oxygen atoms in total. The Morgan fingerprint density at radius 1 is 0.971 bits per heavy atom. The quantitative estimate of drug-likeness (QED) is 0.445. The van der Waals surface area contributed by atoms with Gasteiger partial charge in [0, 0.05) is 60.1 Å². The predicted octanol–water partition coefficient (Wildman–Crippen LogP) is 2.76. The Morgan fingerprint density at radius 3 is 2.40 bits per heavy atom. The monoisotopic (exact) mass is 481 g/mol. The second-order valence-corrected chi connectivity index (χ2v) is 9.60. The summed E-state index contributed by atoms with van der Waals surface area (Å²) in [7, 11) is 2.16. The molecular weight excluding hydrogens is 455 g/mol. The van der Waals surface area contributed by atoms with Gasteiger partial charge in [-0.1, -0.05) is 41.9 Å². The van der Waals surface area contributed by atoms with E-state index in [-0.39, 0.29) is 12.6 Å². The van der Waals surface area contributed by atoms with Crippen molar-refractivity contribution in [2.75, 3.05) is 33.2 Å². The number of phenols is 1. The van der Waals surface area contributed by atoms with Crippen molar-refractivity contribution in [3.8, 4) is 11.8 Å². The van der Waals surface area contributed by atoms with E-state index in [0.717, 1.165) is 65.1 Å². The van der Waals surface area contributed by atoms with Crippen molar-refractivity contribution < 1.29 is 9.58 Å². The van der Waals surface area contributed by atoms with Gasteiger partial charge in [-0.3, -0.25) is 9.38 Å². The number of hydrogen-bond acceptors (Lipinski definition) is 4. The van der Waals surface area contributed by atoms with Crippen molar-refractivity contribution in [1.82, 2.24) is 9.80 Å². The number of likely N-dealkylation sites (N-methyl/N-ethyl adjacent to an activating group) is 1. The maximum Gasteiger partial charge on any atom is 0.559 e. The summed E-state index contributed by atoms with van der Waals surface area (Å²) < 4.78 is 2.08. The number of para-hydroxylation sites is 1. The number of aromatic nitrogens is 1. The molecule has 1 fully saturated rings. The highest BCUT2D eigenvalue weighted by Gasteiger charge is 2.36. The Balaban J connectivity index is 1.58. The molecule has 1 aliphatic rings. The summed E-state index contributed by atoms with van der Waals surface area (Å²) in [6.45, 7) is 4.81. The summed E-state index contributed by atoms with van der Waals surface area (Å²) in [5, 5.41) is 21.7. The molecule has 5 rings (SSSR count). The van der Waals surface area contributed by atoms with E-state index in [4.69, 9.17) is 11.6 Å². The van der Waals surface area contributed by atoms with E-state index in [9.17, 15) is 10.4 Å². The number of rotatable bonds is 5. The predicted molar refractivity (Wildman–Crippen MR) is 142 cm³/mol. The molecule has 2 heterocycles. The van der Waals surface area contributed by atoms with E-state index < -0.39 is 0 Å². The third kappa shape index (κ3) is 4.90. The molecule has 0 radical (unpaired) electrons. The average molecular weight is 482 g/mol. The van der Waals surface area contributed by atoms with Crippen LogP contribution in [0.25, 0.3) is 10.9 Å². The second kappa shape index (κ2) is 10.1. The highest BCUT2D eigenvalue weighted by molar-refractivity contribution is 6.78. The molecule has 0 bridgehead atoms. The zero-order valence-corrected chi connectivity index (χ0v) is 20.5. The van der Waals surface area contributed by atoms with Crippen molar-refractivity contribution in [1.29, 1.82) is 5.26 Å². The first-order chi connectivity index (χ1) is 17.0. The SMILES string of the molecule is CN1CCN(Cc2ccc(B(c3ccc(C#N)cc3)[n+]3cccc4cccc(O)c43)cc2Cl)CC1. The lowest BCUT2D eigenvalue weighted by Crippen LogP contribution is -2.65. The average Bonchev–Trinajstić information content (AvgIpc) is 2.88. The molecule has 1 N–H and O–H groups in total. The highest BCUT2D eigenvalue weighted by atomic mass is 35.5. The summed E-state index contributed by atoms with van der Waals surface area (Å²) >= 11 is 6.85. The molecule has 4 aromatic rings. The Bertz CT molecular complexity index is 1390. The maximum absolute atomic E-state index is 10.8. The second-order valence-electron chi connectivity index (χ2n) is 9.20. The zero-order valence-electron chi connectivity index (χ0n) is 19.7. The lowest BCUT2D eigenvalue weighted by atomic mass is 9.50. The fraction of sp³-hybridized carbons (Fsp3) is 0.214. The fourth-order valence-corrected chi connectivity index (χ4v) is 5.10. The third-order valence-electron chi connectivity index (χ3n) is 6.84. The zero-order chi connectivity index (χ0) is 24.4. The number of fused-ring (bicyclic) bond motifs is 1. The van der Waals surface area contributed by atoms with Crippen LogP contribution < -0.4 is 15.4 Å². The molecule has 7 heteroatoms. The topological polar surface area (TPSA) is 54.4 Å². The summed E-state index contributed by atoms with van der Waals surface area (Å²) in [6, 6.07) is 25.6. The van der Waals surface area contributed by atoms with Gasteiger partial charge in [0.05, 0.1) is 11.6 Å². The lowest BCUT2D eigenvalue weighted by Gasteiger charge is -2.32. The number of pyridine rings is 1. The van der Waals surface area contributed by atoms with Crippen LogP contribution in [0.3, 0.4) is 0 Å². The van der Waals surface area contributed by atoms with Gasteiger partial charge >= 0.3 is 6.85 Å². The van der Waals surface area contributed by atoms with Crippen molar-refractivity contribution in [3.05, 3.63) is 95.1 Å². The molecule has 3 aromatic carbocycles. The Morgan fingerprint density at radius 2 is 1.69 bits per heavy atom. The minimum atomic E-state index is -0.227. The normalized spacial score (nSPS) is 14.7. The van der Waals surface area contributed by atoms with Crippen LogP contribution in [0.4, 0.5) is 0 Å². The van der Waals surface area contributed by atoms with Crippen LogP contribution >= 0.6 is 11.6 Å². The van der Waals surface area contributed by atoms with Crippen LogP contribution in [0.15, 0.2) is 79.0 Å². The van der Waals surface area contributed by atoms with Crippen molar-refractivity contribution in [2.45, 2.75) is 6.54 Å². The minimum absolute atomic E-state index is 0.222. The van der Waals surface area contributed by atoms with Gasteiger partial charge in [-0.05, 0) is 49.0 Å². The van der Waals surface area contributed by atoms with Gasteiger partial charge in [0.2, 0.25) is 5.52 Å². The molecule has 1 aliphatic heterocycles. The van der Waals surface area contributed by atoms with Gasteiger partial charge in [-0.25, -0.2) is 0 Å². The van der Waals surface area contributed by atoms with Crippen LogP contribution in [0, 0.1) is 11.3 Å². The lowest BCUT2D eigenvalue weighted by molar-refractivity contribution is -0.503. The number of nitriles is 1. The van der Waals surface area contributed by atoms with Gasteiger partial charge in [0.1, 0.15) is 6.20 Å². The van der Waals surface area contributed by atoms with E-state index in [1.54, 1.807) is 6.07 Å². The summed E-state index contributed by atoms with van der Waals surface area (Å²) in [5.41, 5.74) is 4.50. The van der Waals surface area contributed by atoms with E-state index in [2.05, 4.69) is 39.5 Å². The Hall–Kier alpha value is -3.37. The molecule has 0 atom stereocenters. The number of nitrogens with zero attached hydrogens (tertiary/aromatic N) is 4. The number of halogens is 1. The molecule has 0 amide bonds. The van der Waals surface area contributed by atoms with Gasteiger partial charge in [0.15, 0.2) is 5.75 Å². The fourth-order valence-electron chi connectivity index (χ4n) is 4.86. The van der Waals surface area contributed by atoms with Crippen LogP contribution in [-0.2, 0) is 6.54 Å². The number of aromatic hydroxyl groups is 1. The Kier molecular flexibility index (Phi) is 6.74. The van der Waals surface area contributed by atoms with E-state index in [1.807, 2.05) is 60.8 Å². The molecule has 0 saturated carbocycles. The summed E-state index contributed by atoms with van der Waals surface area (Å²) in [5.74, 6) is 0.222. The van der Waals surface area contributed by atoms with Crippen molar-refractivity contribution in [3.63, 3.8) is 0 Å². The molecule has 1 saturated heterocycles. The van der Waals surface area contributed by atoms with E-state index in [1.165, 1.54) is 0 Å². The van der Waals surface area contributed by atoms with Gasteiger partial charge in [-0.2, -0.15) is 5.26 Å². The van der Waals surface area contributed by atoms with Crippen LogP contribution in [0.2, 0.25) is 5.02 Å². The molecule has 0 unspecified atom stereocenters. The first-order valence-corrected chi connectivity index (χ1v) is 12.2. The van der Waals surface area contributed by atoms with Gasteiger partial charge in [-0.15, -0.1) is 0 Å². The molecule has 35 heavy (non-hydrogen) atoms. The first kappa shape index (κ1) is 23.4. The highest BCUT2D eigenvalue weighted by Crippen LogP contribution is 2.21. The number of hydrogen-bond donors (Lipinski definition) is 1. The number of piperazine rings is 1. The summed E-state index contributed by atoms with van der Waals surface area (Å²) in [6.07, 6.45) is 1.98. The van der Waals surface area contributed by atoms with Crippen LogP contribution in [-0.4, -0.2) is 55.0 Å². The molecular formula is C28H27BClN4O+. The third-order valence-corrected chi connectivity index (χ3v) is 7.19. The first-order valence-electron chi connectivity index (χ1n) is 11.8. The smallest absolute Gasteiger partial charge is 0.502 e. The van der Waals surface area contributed by atoms with E-state index in [0.29, 0.717) is 5.56 Å². The molecule has 0 spiro atoms. The molecule has 1 aromatic heterocycles. The van der Waals surface area contributed by atoms with Crippen molar-refractivity contribution >= 4 is 40.3 Å². The molecule has 174 valence electrons. The standard InChI is InChI=1S/C28H26BClN4O/c1-32-14-16-33(17-15-32)20-23-9-12-25(18-26(23)30)29(24-10-7-21(19-31)8-11-24)34-13-3-5-22-4-2-6-27(35)28(22)34/h2-13,18H,14-17,20H2,1H3/p+1. The number of benzene rings is 3. The minimum Gasteiger partial charge on any atom is -0.502 e. The maximum atomic E-state index is 10.8. The van der Waals surface area contributed by atoms with Crippen LogP contribution in [0.5, 0.6) is 5.75 Å². The van der Waals surface area contributed by atoms with E-state index >= 15 is 0 Å².